The highest BCUT2D eigenvalue weighted by atomic mass is 16.3. The molecule has 0 saturated heterocycles. The second kappa shape index (κ2) is 9.87. The molecule has 0 unspecified atom stereocenters. The first-order valence-corrected chi connectivity index (χ1v) is 17.5. The van der Waals surface area contributed by atoms with E-state index in [4.69, 9.17) is 4.42 Å². The average Bonchev–Trinajstić information content (AvgIpc) is 3.86. The van der Waals surface area contributed by atoms with Gasteiger partial charge < -0.3 is 13.7 Å². The molecule has 9 aromatic carbocycles. The maximum absolute atomic E-state index is 6.31. The van der Waals surface area contributed by atoms with Crippen molar-refractivity contribution in [3.05, 3.63) is 170 Å². The molecule has 12 rings (SSSR count). The Kier molecular flexibility index (Phi) is 5.23. The van der Waals surface area contributed by atoms with Crippen molar-refractivity contribution in [1.29, 1.82) is 0 Å². The molecule has 0 N–H and O–H groups in total. The monoisotopic (exact) mass is 648 g/mol. The van der Waals surface area contributed by atoms with Crippen LogP contribution in [0, 0.1) is 0 Å². The molecule has 3 heterocycles. The first-order chi connectivity index (χ1) is 25.3. The van der Waals surface area contributed by atoms with Gasteiger partial charge in [0.2, 0.25) is 0 Å². The third-order valence-electron chi connectivity index (χ3n) is 11.1. The van der Waals surface area contributed by atoms with Crippen LogP contribution < -0.4 is 4.90 Å². The van der Waals surface area contributed by atoms with Crippen LogP contribution in [0.4, 0.5) is 17.1 Å². The number of fused-ring (bicyclic) bond motifs is 15. The highest BCUT2D eigenvalue weighted by Crippen LogP contribution is 2.48. The Morgan fingerprint density at radius 2 is 0.882 bits per heavy atom. The summed E-state index contributed by atoms with van der Waals surface area (Å²) >= 11 is 0. The van der Waals surface area contributed by atoms with Gasteiger partial charge in [0, 0.05) is 43.7 Å². The van der Waals surface area contributed by atoms with Gasteiger partial charge in [-0.3, -0.25) is 0 Å². The zero-order valence-electron chi connectivity index (χ0n) is 27.5. The number of para-hydroxylation sites is 3. The van der Waals surface area contributed by atoms with Crippen LogP contribution >= 0.6 is 0 Å². The van der Waals surface area contributed by atoms with E-state index in [1.165, 1.54) is 70.4 Å². The number of benzene rings is 9. The smallest absolute Gasteiger partial charge is 0.135 e. The topological polar surface area (TPSA) is 20.8 Å². The van der Waals surface area contributed by atoms with Crippen molar-refractivity contribution in [2.24, 2.45) is 0 Å². The molecule has 12 aromatic rings. The van der Waals surface area contributed by atoms with E-state index in [9.17, 15) is 0 Å². The molecule has 0 saturated carbocycles. The van der Waals surface area contributed by atoms with Crippen molar-refractivity contribution in [2.75, 3.05) is 4.90 Å². The van der Waals surface area contributed by atoms with Gasteiger partial charge in [-0.25, -0.2) is 0 Å². The maximum Gasteiger partial charge on any atom is 0.135 e. The van der Waals surface area contributed by atoms with E-state index >= 15 is 0 Å². The van der Waals surface area contributed by atoms with E-state index in [1.807, 2.05) is 6.07 Å². The first-order valence-electron chi connectivity index (χ1n) is 17.5. The van der Waals surface area contributed by atoms with Crippen molar-refractivity contribution in [3.8, 4) is 0 Å². The summed E-state index contributed by atoms with van der Waals surface area (Å²) in [4.78, 5) is 2.46. The SMILES string of the molecule is c1ccc2c(c1)oc1ccc(N(c3ccc4c5ccccc5c5ccccc5c4c3)c3cccc4c3c3cccc5c6ccccc6n4c53)cc12. The molecule has 0 fully saturated rings. The fourth-order valence-electron chi connectivity index (χ4n) is 8.96. The van der Waals surface area contributed by atoms with Gasteiger partial charge in [0.1, 0.15) is 11.2 Å². The zero-order valence-corrected chi connectivity index (χ0v) is 27.5. The minimum absolute atomic E-state index is 0.890. The Morgan fingerprint density at radius 3 is 1.67 bits per heavy atom. The largest absolute Gasteiger partial charge is 0.456 e. The van der Waals surface area contributed by atoms with E-state index < -0.39 is 0 Å². The first kappa shape index (κ1) is 27.0. The molecule has 0 bridgehead atoms. The van der Waals surface area contributed by atoms with E-state index in [-0.39, 0.29) is 0 Å². The predicted octanol–water partition coefficient (Wildman–Crippen LogP) is 13.7. The van der Waals surface area contributed by atoms with Crippen LogP contribution in [0.3, 0.4) is 0 Å². The van der Waals surface area contributed by atoms with Crippen LogP contribution in [-0.2, 0) is 0 Å². The van der Waals surface area contributed by atoms with Gasteiger partial charge in [0.15, 0.2) is 0 Å². The second-order valence-electron chi connectivity index (χ2n) is 13.7. The zero-order chi connectivity index (χ0) is 33.2. The van der Waals surface area contributed by atoms with Crippen LogP contribution in [0.15, 0.2) is 174 Å². The summed E-state index contributed by atoms with van der Waals surface area (Å²) in [6.45, 7) is 0. The van der Waals surface area contributed by atoms with Crippen LogP contribution in [0.2, 0.25) is 0 Å². The number of anilines is 3. The third-order valence-corrected chi connectivity index (χ3v) is 11.1. The summed E-state index contributed by atoms with van der Waals surface area (Å²) in [7, 11) is 0. The maximum atomic E-state index is 6.31. The van der Waals surface area contributed by atoms with Gasteiger partial charge in [0.05, 0.1) is 22.2 Å². The molecule has 0 spiro atoms. The molecule has 0 aliphatic rings. The molecule has 3 aromatic heterocycles. The molecule has 0 radical (unpaired) electrons. The highest BCUT2D eigenvalue weighted by molar-refractivity contribution is 6.28. The molecule has 3 nitrogen and oxygen atoms in total. The number of rotatable bonds is 3. The normalized spacial score (nSPS) is 12.3. The lowest BCUT2D eigenvalue weighted by molar-refractivity contribution is 0.669. The Labute approximate surface area is 292 Å². The number of hydrogen-bond acceptors (Lipinski definition) is 2. The van der Waals surface area contributed by atoms with Gasteiger partial charge >= 0.3 is 0 Å². The minimum atomic E-state index is 0.890. The van der Waals surface area contributed by atoms with Gasteiger partial charge in [0.25, 0.3) is 0 Å². The van der Waals surface area contributed by atoms with E-state index in [0.717, 1.165) is 39.0 Å². The summed E-state index contributed by atoms with van der Waals surface area (Å²) in [6.07, 6.45) is 0. The van der Waals surface area contributed by atoms with Crippen molar-refractivity contribution < 1.29 is 4.42 Å². The molecule has 0 aliphatic carbocycles. The van der Waals surface area contributed by atoms with Crippen molar-refractivity contribution in [2.45, 2.75) is 0 Å². The minimum Gasteiger partial charge on any atom is -0.456 e. The molecule has 3 heteroatoms. The molecular weight excluding hydrogens is 621 g/mol. The Hall–Kier alpha value is -6.84. The van der Waals surface area contributed by atoms with Gasteiger partial charge in [-0.05, 0) is 86.9 Å². The summed E-state index contributed by atoms with van der Waals surface area (Å²) in [5, 5.41) is 14.9. The van der Waals surface area contributed by atoms with Crippen LogP contribution in [0.5, 0.6) is 0 Å². The predicted molar refractivity (Wildman–Crippen MR) is 216 cm³/mol. The lowest BCUT2D eigenvalue weighted by Crippen LogP contribution is -2.10. The number of aromatic nitrogens is 1. The number of furan rings is 1. The Balaban J connectivity index is 1.22. The molecule has 0 atom stereocenters. The molecule has 0 aliphatic heterocycles. The standard InChI is InChI=1S/C48H28N2O/c1-2-13-33-31(11-1)32-12-3-4-14-34(32)40-27-29(23-25-35(33)40)49(30-24-26-46-41(28-30)37-16-6-8-22-45(37)51-46)43-20-10-21-44-47(43)39-18-9-17-38-36-15-5-7-19-42(36)50(44)48(38)39/h1-28H. The van der Waals surface area contributed by atoms with Gasteiger partial charge in [-0.1, -0.05) is 115 Å². The lowest BCUT2D eigenvalue weighted by atomic mass is 9.94. The third kappa shape index (κ3) is 3.57. The van der Waals surface area contributed by atoms with Crippen LogP contribution in [0.25, 0.3) is 92.4 Å². The second-order valence-corrected chi connectivity index (χ2v) is 13.7. The Morgan fingerprint density at radius 1 is 0.353 bits per heavy atom. The van der Waals surface area contributed by atoms with Crippen molar-refractivity contribution >= 4 is 109 Å². The average molecular weight is 649 g/mol. The van der Waals surface area contributed by atoms with Crippen molar-refractivity contribution in [3.63, 3.8) is 0 Å². The van der Waals surface area contributed by atoms with Gasteiger partial charge in [-0.2, -0.15) is 0 Å². The molecule has 51 heavy (non-hydrogen) atoms. The summed E-state index contributed by atoms with van der Waals surface area (Å²) in [6, 6.07) is 61.9. The summed E-state index contributed by atoms with van der Waals surface area (Å²) in [5.74, 6) is 0. The quantitative estimate of drug-likeness (QED) is 0.178. The van der Waals surface area contributed by atoms with Crippen LogP contribution in [-0.4, -0.2) is 4.40 Å². The molecule has 236 valence electrons. The van der Waals surface area contributed by atoms with Crippen LogP contribution in [0.1, 0.15) is 0 Å². The summed E-state index contributed by atoms with van der Waals surface area (Å²) in [5.41, 5.74) is 8.84. The van der Waals surface area contributed by atoms with Gasteiger partial charge in [-0.15, -0.1) is 0 Å². The van der Waals surface area contributed by atoms with E-state index in [2.05, 4.69) is 173 Å². The summed E-state index contributed by atoms with van der Waals surface area (Å²) < 4.78 is 8.77. The fraction of sp³-hybridized carbons (Fsp3) is 0. The van der Waals surface area contributed by atoms with Crippen molar-refractivity contribution in [1.82, 2.24) is 4.40 Å². The number of hydrogen-bond donors (Lipinski definition) is 0. The fourth-order valence-corrected chi connectivity index (χ4v) is 8.96. The molecular formula is C48H28N2O. The molecule has 0 amide bonds. The highest BCUT2D eigenvalue weighted by Gasteiger charge is 2.24. The number of nitrogens with zero attached hydrogens (tertiary/aromatic N) is 2. The lowest BCUT2D eigenvalue weighted by Gasteiger charge is -2.27. The Bertz CT molecular complexity index is 3350. The van der Waals surface area contributed by atoms with E-state index in [0.29, 0.717) is 0 Å². The van der Waals surface area contributed by atoms with E-state index in [1.54, 1.807) is 0 Å².